The number of carboxylic acids is 1. The number of halogens is 1. The maximum Gasteiger partial charge on any atom is 0.326 e. The monoisotopic (exact) mass is 283 g/mol. The van der Waals surface area contributed by atoms with E-state index in [4.69, 9.17) is 9.84 Å². The summed E-state index contributed by atoms with van der Waals surface area (Å²) >= 11 is 0. The van der Waals surface area contributed by atoms with Gasteiger partial charge in [-0.25, -0.2) is 9.18 Å². The van der Waals surface area contributed by atoms with Crippen LogP contribution in [0.25, 0.3) is 0 Å². The molecule has 1 aliphatic rings. The quantitative estimate of drug-likeness (QED) is 0.827. The number of β-amino-alcohol motifs (C(OH)–C–C–N with tert-alkyl or cyclic N) is 1. The standard InChI is InChI=1S/C13H14FNO5/c14-8-2-1-3-10(4-8)20-7-12(17)15-6-9(16)5-11(15)13(18)19/h1-4,9,11,16H,5-7H2,(H,18,19)/t9-,11-/m0/s1. The van der Waals surface area contributed by atoms with Gasteiger partial charge in [0.1, 0.15) is 17.6 Å². The number of hydrogen-bond donors (Lipinski definition) is 2. The third-order valence-corrected chi connectivity index (χ3v) is 3.04. The lowest BCUT2D eigenvalue weighted by molar-refractivity contribution is -0.148. The van der Waals surface area contributed by atoms with E-state index in [0.29, 0.717) is 0 Å². The Morgan fingerprint density at radius 2 is 2.20 bits per heavy atom. The number of amides is 1. The summed E-state index contributed by atoms with van der Waals surface area (Å²) in [7, 11) is 0. The number of aliphatic carboxylic acids is 1. The Morgan fingerprint density at radius 3 is 2.85 bits per heavy atom. The second kappa shape index (κ2) is 5.87. The van der Waals surface area contributed by atoms with E-state index in [9.17, 15) is 19.1 Å². The molecule has 1 saturated heterocycles. The highest BCUT2D eigenvalue weighted by atomic mass is 19.1. The first-order valence-corrected chi connectivity index (χ1v) is 6.06. The fourth-order valence-electron chi connectivity index (χ4n) is 2.11. The van der Waals surface area contributed by atoms with Crippen molar-refractivity contribution in [2.45, 2.75) is 18.6 Å². The SMILES string of the molecule is O=C(O)[C@@H]1C[C@H](O)CN1C(=O)COc1cccc(F)c1. The predicted octanol–water partition coefficient (Wildman–Crippen LogP) is 0.251. The second-order valence-corrected chi connectivity index (χ2v) is 4.54. The average molecular weight is 283 g/mol. The summed E-state index contributed by atoms with van der Waals surface area (Å²) < 4.78 is 18.0. The second-order valence-electron chi connectivity index (χ2n) is 4.54. The number of ether oxygens (including phenoxy) is 1. The Morgan fingerprint density at radius 1 is 1.45 bits per heavy atom. The molecule has 1 heterocycles. The maximum atomic E-state index is 12.9. The summed E-state index contributed by atoms with van der Waals surface area (Å²) in [5.74, 6) is -2.03. The zero-order chi connectivity index (χ0) is 14.7. The van der Waals surface area contributed by atoms with E-state index in [-0.39, 0.29) is 18.7 Å². The van der Waals surface area contributed by atoms with Gasteiger partial charge in [-0.15, -0.1) is 0 Å². The number of hydrogen-bond acceptors (Lipinski definition) is 4. The zero-order valence-electron chi connectivity index (χ0n) is 10.5. The molecule has 0 bridgehead atoms. The normalized spacial score (nSPS) is 21.8. The van der Waals surface area contributed by atoms with Crippen molar-refractivity contribution >= 4 is 11.9 Å². The van der Waals surface area contributed by atoms with E-state index in [1.165, 1.54) is 18.2 Å². The number of carbonyl (C=O) groups is 2. The van der Waals surface area contributed by atoms with Gasteiger partial charge in [0.15, 0.2) is 6.61 Å². The van der Waals surface area contributed by atoms with Crippen LogP contribution in [0.3, 0.4) is 0 Å². The molecule has 1 amide bonds. The molecule has 0 aromatic heterocycles. The Bertz CT molecular complexity index is 521. The first-order valence-electron chi connectivity index (χ1n) is 6.06. The van der Waals surface area contributed by atoms with Gasteiger partial charge in [0.25, 0.3) is 5.91 Å². The summed E-state index contributed by atoms with van der Waals surface area (Å²) in [6.45, 7) is -0.442. The van der Waals surface area contributed by atoms with Gasteiger partial charge in [0.05, 0.1) is 6.10 Å². The first-order chi connectivity index (χ1) is 9.47. The Balaban J connectivity index is 1.96. The molecule has 6 nitrogen and oxygen atoms in total. The van der Waals surface area contributed by atoms with Crippen LogP contribution in [0.4, 0.5) is 4.39 Å². The molecular formula is C13H14FNO5. The first kappa shape index (κ1) is 14.3. The van der Waals surface area contributed by atoms with Crippen molar-refractivity contribution < 1.29 is 28.9 Å². The zero-order valence-corrected chi connectivity index (χ0v) is 10.5. The molecule has 1 fully saturated rings. The van der Waals surface area contributed by atoms with Gasteiger partial charge in [-0.1, -0.05) is 6.07 Å². The molecule has 7 heteroatoms. The van der Waals surface area contributed by atoms with Gasteiger partial charge in [-0.3, -0.25) is 4.79 Å². The molecule has 20 heavy (non-hydrogen) atoms. The molecule has 2 rings (SSSR count). The Labute approximate surface area is 114 Å². The molecule has 1 aromatic carbocycles. The molecule has 0 radical (unpaired) electrons. The van der Waals surface area contributed by atoms with E-state index in [1.807, 2.05) is 0 Å². The van der Waals surface area contributed by atoms with Gasteiger partial charge in [-0.2, -0.15) is 0 Å². The number of likely N-dealkylation sites (tertiary alicyclic amines) is 1. The highest BCUT2D eigenvalue weighted by Crippen LogP contribution is 2.19. The molecule has 0 unspecified atom stereocenters. The van der Waals surface area contributed by atoms with Crippen LogP contribution >= 0.6 is 0 Å². The molecule has 0 saturated carbocycles. The molecule has 0 aliphatic carbocycles. The Kier molecular flexibility index (Phi) is 4.19. The van der Waals surface area contributed by atoms with Crippen LogP contribution in [-0.4, -0.2) is 52.3 Å². The van der Waals surface area contributed by atoms with Crippen LogP contribution in [0.5, 0.6) is 5.75 Å². The molecular weight excluding hydrogens is 269 g/mol. The largest absolute Gasteiger partial charge is 0.484 e. The van der Waals surface area contributed by atoms with E-state index < -0.39 is 36.4 Å². The lowest BCUT2D eigenvalue weighted by Crippen LogP contribution is -2.42. The van der Waals surface area contributed by atoms with Crippen molar-refractivity contribution in [3.8, 4) is 5.75 Å². The Hall–Kier alpha value is -2.15. The average Bonchev–Trinajstić information content (AvgIpc) is 2.78. The van der Waals surface area contributed by atoms with Crippen molar-refractivity contribution in [1.29, 1.82) is 0 Å². The smallest absolute Gasteiger partial charge is 0.326 e. The minimum atomic E-state index is -1.17. The molecule has 2 atom stereocenters. The van der Waals surface area contributed by atoms with Crippen LogP contribution in [0.1, 0.15) is 6.42 Å². The van der Waals surface area contributed by atoms with Crippen molar-refractivity contribution in [2.24, 2.45) is 0 Å². The third-order valence-electron chi connectivity index (χ3n) is 3.04. The number of carbonyl (C=O) groups excluding carboxylic acids is 1. The van der Waals surface area contributed by atoms with Crippen molar-refractivity contribution in [1.82, 2.24) is 4.90 Å². The van der Waals surface area contributed by atoms with Crippen LogP contribution in [0.15, 0.2) is 24.3 Å². The summed E-state index contributed by atoms with van der Waals surface area (Å²) in [5.41, 5.74) is 0. The molecule has 0 spiro atoms. The van der Waals surface area contributed by atoms with Gasteiger partial charge in [0.2, 0.25) is 0 Å². The van der Waals surface area contributed by atoms with E-state index in [1.54, 1.807) is 0 Å². The van der Waals surface area contributed by atoms with Crippen molar-refractivity contribution in [3.05, 3.63) is 30.1 Å². The minimum absolute atomic E-state index is 0.00103. The minimum Gasteiger partial charge on any atom is -0.484 e. The lowest BCUT2D eigenvalue weighted by Gasteiger charge is -2.21. The van der Waals surface area contributed by atoms with Crippen LogP contribution in [0, 0.1) is 5.82 Å². The summed E-state index contributed by atoms with van der Waals surface area (Å²) in [6, 6.07) is 4.25. The fraction of sp³-hybridized carbons (Fsp3) is 0.385. The maximum absolute atomic E-state index is 12.9. The highest BCUT2D eigenvalue weighted by molar-refractivity contribution is 5.85. The lowest BCUT2D eigenvalue weighted by atomic mass is 10.2. The molecule has 1 aromatic rings. The van der Waals surface area contributed by atoms with E-state index in [2.05, 4.69) is 0 Å². The molecule has 2 N–H and O–H groups in total. The third kappa shape index (κ3) is 3.24. The van der Waals surface area contributed by atoms with E-state index >= 15 is 0 Å². The number of carboxylic acid groups (broad SMARTS) is 1. The number of aliphatic hydroxyl groups is 1. The summed E-state index contributed by atoms with van der Waals surface area (Å²) in [4.78, 5) is 23.9. The fourth-order valence-corrected chi connectivity index (χ4v) is 2.11. The number of rotatable bonds is 4. The van der Waals surface area contributed by atoms with Gasteiger partial charge in [-0.05, 0) is 12.1 Å². The summed E-state index contributed by atoms with van der Waals surface area (Å²) in [5, 5.41) is 18.4. The number of benzene rings is 1. The predicted molar refractivity (Wildman–Crippen MR) is 65.7 cm³/mol. The molecule has 1 aliphatic heterocycles. The van der Waals surface area contributed by atoms with Gasteiger partial charge < -0.3 is 19.8 Å². The molecule has 108 valence electrons. The highest BCUT2D eigenvalue weighted by Gasteiger charge is 2.38. The topological polar surface area (TPSA) is 87.1 Å². The van der Waals surface area contributed by atoms with Crippen molar-refractivity contribution in [2.75, 3.05) is 13.2 Å². The van der Waals surface area contributed by atoms with Gasteiger partial charge in [0, 0.05) is 19.0 Å². The number of aliphatic hydroxyl groups excluding tert-OH is 1. The van der Waals surface area contributed by atoms with Crippen LogP contribution in [-0.2, 0) is 9.59 Å². The van der Waals surface area contributed by atoms with E-state index in [0.717, 1.165) is 11.0 Å². The number of nitrogens with zero attached hydrogens (tertiary/aromatic N) is 1. The van der Waals surface area contributed by atoms with Gasteiger partial charge >= 0.3 is 5.97 Å². The summed E-state index contributed by atoms with van der Waals surface area (Å²) in [6.07, 6.45) is -0.852. The van der Waals surface area contributed by atoms with Crippen LogP contribution < -0.4 is 4.74 Å². The van der Waals surface area contributed by atoms with Crippen LogP contribution in [0.2, 0.25) is 0 Å². The van der Waals surface area contributed by atoms with Crippen molar-refractivity contribution in [3.63, 3.8) is 0 Å².